The largest absolute Gasteiger partial charge is 0.395 e. The number of hydrogen-bond donors (Lipinski definition) is 2. The number of aromatic nitrogens is 1. The van der Waals surface area contributed by atoms with E-state index in [1.807, 2.05) is 0 Å². The molecule has 0 spiro atoms. The fraction of sp³-hybridized carbons (Fsp3) is 0.500. The predicted octanol–water partition coefficient (Wildman–Crippen LogP) is 0.968. The Morgan fingerprint density at radius 2 is 2.35 bits per heavy atom. The maximum absolute atomic E-state index is 12.1. The molecule has 1 amide bonds. The van der Waals surface area contributed by atoms with Crippen LogP contribution in [0.5, 0.6) is 0 Å². The lowest BCUT2D eigenvalue weighted by Crippen LogP contribution is -2.30. The highest BCUT2D eigenvalue weighted by atomic mass is 16.3. The molecule has 5 heteroatoms. The van der Waals surface area contributed by atoms with Gasteiger partial charge in [0.15, 0.2) is 0 Å². The van der Waals surface area contributed by atoms with Gasteiger partial charge >= 0.3 is 0 Å². The summed E-state index contributed by atoms with van der Waals surface area (Å²) in [5, 5.41) is 11.9. The number of carbonyl (C=O) groups excluding carboxylic acids is 1. The molecule has 2 N–H and O–H groups in total. The molecule has 94 valence electrons. The van der Waals surface area contributed by atoms with Crippen LogP contribution in [-0.2, 0) is 0 Å². The van der Waals surface area contributed by atoms with Crippen LogP contribution in [0, 0.1) is 0 Å². The maximum Gasteiger partial charge on any atom is 0.257 e. The molecule has 0 bridgehead atoms. The SMILES string of the molecule is CCCNc1ncccc1C(=O)N(C)CCO. The molecule has 17 heavy (non-hydrogen) atoms. The third kappa shape index (κ3) is 3.71. The smallest absolute Gasteiger partial charge is 0.257 e. The standard InChI is InChI=1S/C12H19N3O2/c1-3-6-13-11-10(5-4-7-14-11)12(17)15(2)8-9-16/h4-5,7,16H,3,6,8-9H2,1-2H3,(H,13,14). The van der Waals surface area contributed by atoms with Crippen LogP contribution in [0.4, 0.5) is 5.82 Å². The number of rotatable bonds is 6. The summed E-state index contributed by atoms with van der Waals surface area (Å²) in [7, 11) is 1.66. The van der Waals surface area contributed by atoms with Gasteiger partial charge in [0.25, 0.3) is 5.91 Å². The summed E-state index contributed by atoms with van der Waals surface area (Å²) < 4.78 is 0. The minimum absolute atomic E-state index is 0.0414. The van der Waals surface area contributed by atoms with E-state index in [1.165, 1.54) is 4.90 Å². The van der Waals surface area contributed by atoms with E-state index >= 15 is 0 Å². The van der Waals surface area contributed by atoms with Gasteiger partial charge in [-0.25, -0.2) is 4.98 Å². The van der Waals surface area contributed by atoms with E-state index in [-0.39, 0.29) is 12.5 Å². The van der Waals surface area contributed by atoms with Crippen LogP contribution in [0.15, 0.2) is 18.3 Å². The van der Waals surface area contributed by atoms with Gasteiger partial charge in [-0.3, -0.25) is 4.79 Å². The molecule has 0 atom stereocenters. The Morgan fingerprint density at radius 3 is 3.00 bits per heavy atom. The summed E-state index contributed by atoms with van der Waals surface area (Å²) in [6, 6.07) is 3.47. The topological polar surface area (TPSA) is 65.5 Å². The van der Waals surface area contributed by atoms with Crippen LogP contribution in [0.3, 0.4) is 0 Å². The van der Waals surface area contributed by atoms with Gasteiger partial charge < -0.3 is 15.3 Å². The molecule has 0 unspecified atom stereocenters. The average molecular weight is 237 g/mol. The van der Waals surface area contributed by atoms with Crippen molar-refractivity contribution in [2.45, 2.75) is 13.3 Å². The Balaban J connectivity index is 2.84. The average Bonchev–Trinajstić information content (AvgIpc) is 2.36. The molecule has 0 saturated heterocycles. The van der Waals surface area contributed by atoms with Gasteiger partial charge in [-0.1, -0.05) is 6.92 Å². The minimum atomic E-state index is -0.134. The Bertz CT molecular complexity index is 369. The first-order chi connectivity index (χ1) is 8.20. The van der Waals surface area contributed by atoms with E-state index in [4.69, 9.17) is 5.11 Å². The third-order valence-corrected chi connectivity index (χ3v) is 2.36. The Kier molecular flexibility index (Phi) is 5.42. The highest BCUT2D eigenvalue weighted by Crippen LogP contribution is 2.13. The molecule has 0 aliphatic carbocycles. The maximum atomic E-state index is 12.1. The fourth-order valence-electron chi connectivity index (χ4n) is 1.42. The molecule has 1 rings (SSSR count). The Hall–Kier alpha value is -1.62. The number of likely N-dealkylation sites (N-methyl/N-ethyl adjacent to an activating group) is 1. The number of nitrogens with one attached hydrogen (secondary N) is 1. The highest BCUT2D eigenvalue weighted by Gasteiger charge is 2.15. The number of pyridine rings is 1. The van der Waals surface area contributed by atoms with E-state index < -0.39 is 0 Å². The van der Waals surface area contributed by atoms with E-state index in [1.54, 1.807) is 25.4 Å². The van der Waals surface area contributed by atoms with Crippen LogP contribution in [0.1, 0.15) is 23.7 Å². The van der Waals surface area contributed by atoms with Crippen LogP contribution in [0.2, 0.25) is 0 Å². The lowest BCUT2D eigenvalue weighted by molar-refractivity contribution is 0.0767. The quantitative estimate of drug-likeness (QED) is 0.773. The van der Waals surface area contributed by atoms with E-state index in [0.717, 1.165) is 13.0 Å². The molecule has 0 aliphatic rings. The van der Waals surface area contributed by atoms with Crippen LogP contribution >= 0.6 is 0 Å². The van der Waals surface area contributed by atoms with E-state index in [0.29, 0.717) is 17.9 Å². The second-order valence-corrected chi connectivity index (χ2v) is 3.78. The summed E-state index contributed by atoms with van der Waals surface area (Å²) >= 11 is 0. The lowest BCUT2D eigenvalue weighted by atomic mass is 10.2. The number of anilines is 1. The Labute approximate surface area is 101 Å². The molecular formula is C12H19N3O2. The van der Waals surface area contributed by atoms with Gasteiger partial charge in [0, 0.05) is 26.3 Å². The van der Waals surface area contributed by atoms with Gasteiger partial charge in [0.1, 0.15) is 5.82 Å². The van der Waals surface area contributed by atoms with Crippen molar-refractivity contribution in [2.75, 3.05) is 32.1 Å². The molecule has 0 radical (unpaired) electrons. The normalized spacial score (nSPS) is 10.1. The molecule has 1 aromatic heterocycles. The molecule has 5 nitrogen and oxygen atoms in total. The summed E-state index contributed by atoms with van der Waals surface area (Å²) in [6.07, 6.45) is 2.62. The van der Waals surface area contributed by atoms with Crippen molar-refractivity contribution in [2.24, 2.45) is 0 Å². The molecule has 1 aromatic rings. The number of aliphatic hydroxyl groups is 1. The van der Waals surface area contributed by atoms with Crippen LogP contribution in [-0.4, -0.2) is 47.6 Å². The molecule has 0 aliphatic heterocycles. The number of nitrogens with zero attached hydrogens (tertiary/aromatic N) is 2. The van der Waals surface area contributed by atoms with Gasteiger partial charge in [-0.15, -0.1) is 0 Å². The lowest BCUT2D eigenvalue weighted by Gasteiger charge is -2.17. The molecular weight excluding hydrogens is 218 g/mol. The van der Waals surface area contributed by atoms with Gasteiger partial charge in [0.05, 0.1) is 12.2 Å². The molecule has 1 heterocycles. The summed E-state index contributed by atoms with van der Waals surface area (Å²) in [5.74, 6) is 0.467. The van der Waals surface area contributed by atoms with Crippen molar-refractivity contribution in [3.63, 3.8) is 0 Å². The van der Waals surface area contributed by atoms with Crippen molar-refractivity contribution >= 4 is 11.7 Å². The second-order valence-electron chi connectivity index (χ2n) is 3.78. The molecule has 0 saturated carbocycles. The number of carbonyl (C=O) groups is 1. The summed E-state index contributed by atoms with van der Waals surface area (Å²) in [6.45, 7) is 3.11. The first kappa shape index (κ1) is 13.4. The van der Waals surface area contributed by atoms with E-state index in [2.05, 4.69) is 17.2 Å². The Morgan fingerprint density at radius 1 is 1.59 bits per heavy atom. The van der Waals surface area contributed by atoms with Gasteiger partial charge in [-0.2, -0.15) is 0 Å². The monoisotopic (exact) mass is 237 g/mol. The van der Waals surface area contributed by atoms with Crippen molar-refractivity contribution in [1.29, 1.82) is 0 Å². The summed E-state index contributed by atoms with van der Waals surface area (Å²) in [5.41, 5.74) is 0.539. The number of aliphatic hydroxyl groups excluding tert-OH is 1. The minimum Gasteiger partial charge on any atom is -0.395 e. The molecule has 0 fully saturated rings. The van der Waals surface area contributed by atoms with Gasteiger partial charge in [0.2, 0.25) is 0 Å². The van der Waals surface area contributed by atoms with Crippen molar-refractivity contribution in [1.82, 2.24) is 9.88 Å². The second kappa shape index (κ2) is 6.85. The number of amides is 1. The van der Waals surface area contributed by atoms with Crippen molar-refractivity contribution in [3.8, 4) is 0 Å². The number of hydrogen-bond acceptors (Lipinski definition) is 4. The van der Waals surface area contributed by atoms with E-state index in [9.17, 15) is 4.79 Å². The molecule has 0 aromatic carbocycles. The van der Waals surface area contributed by atoms with Crippen molar-refractivity contribution < 1.29 is 9.90 Å². The zero-order chi connectivity index (χ0) is 12.7. The highest BCUT2D eigenvalue weighted by molar-refractivity contribution is 5.98. The van der Waals surface area contributed by atoms with Crippen molar-refractivity contribution in [3.05, 3.63) is 23.9 Å². The first-order valence-corrected chi connectivity index (χ1v) is 5.76. The fourth-order valence-corrected chi connectivity index (χ4v) is 1.42. The summed E-state index contributed by atoms with van der Waals surface area (Å²) in [4.78, 5) is 17.7. The predicted molar refractivity (Wildman–Crippen MR) is 67.1 cm³/mol. The van der Waals surface area contributed by atoms with Gasteiger partial charge in [-0.05, 0) is 18.6 Å². The van der Waals surface area contributed by atoms with Crippen LogP contribution in [0.25, 0.3) is 0 Å². The third-order valence-electron chi connectivity index (χ3n) is 2.36. The van der Waals surface area contributed by atoms with Crippen LogP contribution < -0.4 is 5.32 Å². The first-order valence-electron chi connectivity index (χ1n) is 5.76. The zero-order valence-corrected chi connectivity index (χ0v) is 10.3. The zero-order valence-electron chi connectivity index (χ0n) is 10.3.